The van der Waals surface area contributed by atoms with E-state index in [1.807, 2.05) is 60.7 Å². The van der Waals surface area contributed by atoms with Crippen LogP contribution in [0.2, 0.25) is 0 Å². The highest BCUT2D eigenvalue weighted by Gasteiger charge is 2.18. The Morgan fingerprint density at radius 1 is 0.642 bits per heavy atom. The van der Waals surface area contributed by atoms with Gasteiger partial charge in [-0.2, -0.15) is 4.37 Å². The number of nitrogens with zero attached hydrogens (tertiary/aromatic N) is 3. The van der Waals surface area contributed by atoms with Gasteiger partial charge in [0.05, 0.1) is 28.1 Å². The van der Waals surface area contributed by atoms with Crippen LogP contribution in [0.5, 0.6) is 23.0 Å². The predicted octanol–water partition coefficient (Wildman–Crippen LogP) is 12.3. The molecule has 0 aliphatic heterocycles. The van der Waals surface area contributed by atoms with Crippen LogP contribution in [0.3, 0.4) is 0 Å². The minimum atomic E-state index is -0.397. The van der Waals surface area contributed by atoms with E-state index in [9.17, 15) is 24.6 Å². The van der Waals surface area contributed by atoms with Gasteiger partial charge in [0.1, 0.15) is 30.5 Å². The van der Waals surface area contributed by atoms with Crippen molar-refractivity contribution in [2.24, 2.45) is 10.2 Å². The number of anilines is 2. The van der Waals surface area contributed by atoms with Gasteiger partial charge >= 0.3 is 0 Å². The summed E-state index contributed by atoms with van der Waals surface area (Å²) in [6.07, 6.45) is 14.2. The van der Waals surface area contributed by atoms with Crippen LogP contribution in [0.25, 0.3) is 21.7 Å². The molecule has 0 saturated heterocycles. The first-order valence-electron chi connectivity index (χ1n) is 23.3. The molecule has 5 aromatic carbocycles. The highest BCUT2D eigenvalue weighted by atomic mass is 32.1. The molecule has 0 atom stereocenters. The fourth-order valence-corrected chi connectivity index (χ4v) is 8.33. The molecule has 0 radical (unpaired) electrons. The monoisotopic (exact) mass is 930 g/mol. The molecule has 67 heavy (non-hydrogen) atoms. The van der Waals surface area contributed by atoms with Crippen molar-refractivity contribution in [3.8, 4) is 23.0 Å². The number of hydrogen-bond donors (Lipinski definition) is 5. The summed E-state index contributed by atoms with van der Waals surface area (Å²) in [6.45, 7) is 7.07. The Bertz CT molecular complexity index is 2580. The van der Waals surface area contributed by atoms with Crippen molar-refractivity contribution in [2.45, 2.75) is 97.8 Å². The Hall–Kier alpha value is -6.58. The van der Waals surface area contributed by atoms with Gasteiger partial charge in [-0.05, 0) is 84.4 Å². The number of rotatable bonds is 27. The Balaban J connectivity index is 0.962. The van der Waals surface area contributed by atoms with E-state index in [0.29, 0.717) is 59.0 Å². The molecule has 6 rings (SSSR count). The number of unbranched alkanes of at least 4 members (excludes halogenated alkanes) is 9. The fraction of sp³-hybridized carbons (Fsp3) is 0.385. The number of azo groups is 1. The molecular formula is C52H62N6O8S. The largest absolute Gasteiger partial charge is 0.506 e. The van der Waals surface area contributed by atoms with Crippen LogP contribution < -0.4 is 25.4 Å². The molecule has 0 fully saturated rings. The zero-order chi connectivity index (χ0) is 47.4. The van der Waals surface area contributed by atoms with Crippen LogP contribution in [0, 0.1) is 0 Å². The minimum absolute atomic E-state index is 0.0871. The van der Waals surface area contributed by atoms with Gasteiger partial charge in [0, 0.05) is 49.8 Å². The Kier molecular flexibility index (Phi) is 19.3. The van der Waals surface area contributed by atoms with Crippen molar-refractivity contribution in [2.75, 3.05) is 43.6 Å². The van der Waals surface area contributed by atoms with E-state index in [-0.39, 0.29) is 47.6 Å². The number of benzene rings is 5. The number of amides is 3. The molecule has 6 aromatic rings. The lowest BCUT2D eigenvalue weighted by molar-refractivity contribution is -0.115. The molecule has 1 aromatic heterocycles. The van der Waals surface area contributed by atoms with Gasteiger partial charge in [-0.25, -0.2) is 0 Å². The maximum Gasteiger partial charge on any atom is 0.255 e. The van der Waals surface area contributed by atoms with Crippen LogP contribution in [0.1, 0.15) is 113 Å². The number of phenols is 2. The third-order valence-electron chi connectivity index (χ3n) is 11.1. The summed E-state index contributed by atoms with van der Waals surface area (Å²) >= 11 is 1.19. The van der Waals surface area contributed by atoms with Gasteiger partial charge in [-0.1, -0.05) is 107 Å². The molecule has 5 N–H and O–H groups in total. The number of fused-ring (bicyclic) bond motifs is 2. The van der Waals surface area contributed by atoms with Gasteiger partial charge < -0.3 is 40.4 Å². The van der Waals surface area contributed by atoms with Gasteiger partial charge in [0.15, 0.2) is 10.8 Å². The number of aromatic hydroxyl groups is 2. The van der Waals surface area contributed by atoms with Crippen LogP contribution in [-0.2, 0) is 20.7 Å². The third-order valence-corrected chi connectivity index (χ3v) is 11.8. The lowest BCUT2D eigenvalue weighted by Gasteiger charge is -2.15. The van der Waals surface area contributed by atoms with Gasteiger partial charge in [0.25, 0.3) is 5.91 Å². The van der Waals surface area contributed by atoms with Crippen LogP contribution in [0.15, 0.2) is 95.2 Å². The second-order valence-electron chi connectivity index (χ2n) is 16.5. The fourth-order valence-electron chi connectivity index (χ4n) is 7.64. The van der Waals surface area contributed by atoms with Gasteiger partial charge in [-0.3, -0.25) is 14.4 Å². The summed E-state index contributed by atoms with van der Waals surface area (Å²) in [5, 5.41) is 41.0. The van der Waals surface area contributed by atoms with Crippen molar-refractivity contribution in [3.05, 3.63) is 102 Å². The molecule has 0 unspecified atom stereocenters. The highest BCUT2D eigenvalue weighted by molar-refractivity contribution is 7.11. The smallest absolute Gasteiger partial charge is 0.255 e. The zero-order valence-electron chi connectivity index (χ0n) is 38.7. The van der Waals surface area contributed by atoms with Crippen molar-refractivity contribution < 1.29 is 38.8 Å². The summed E-state index contributed by atoms with van der Waals surface area (Å²) in [6, 6.07) is 25.6. The average molecular weight is 931 g/mol. The molecule has 0 aliphatic rings. The van der Waals surface area contributed by atoms with Crippen LogP contribution in [-0.4, -0.2) is 65.3 Å². The third kappa shape index (κ3) is 15.2. The summed E-state index contributed by atoms with van der Waals surface area (Å²) in [5.41, 5.74) is 3.51. The zero-order valence-corrected chi connectivity index (χ0v) is 39.5. The van der Waals surface area contributed by atoms with Crippen molar-refractivity contribution >= 4 is 73.0 Å². The van der Waals surface area contributed by atoms with Gasteiger partial charge in [-0.15, -0.1) is 10.2 Å². The minimum Gasteiger partial charge on any atom is -0.506 e. The number of phenolic OH excluding ortho intramolecular Hbond substituents is 2. The van der Waals surface area contributed by atoms with E-state index in [1.54, 1.807) is 12.1 Å². The first-order valence-corrected chi connectivity index (χ1v) is 24.0. The SMILES string of the molecule is CCCCCCCCCCCCOCCCNC(=O)c1cc(OCCOc2ccc(Cc3ccc4nsc(N=Nc5cc(NC(C)=O)c(O)c(NC(C)=O)c5)c4c3)cc2)c2ccccc2c1O. The summed E-state index contributed by atoms with van der Waals surface area (Å²) in [5.74, 6) is -0.389. The molecule has 0 spiro atoms. The normalized spacial score (nSPS) is 11.3. The second-order valence-corrected chi connectivity index (χ2v) is 17.3. The lowest BCUT2D eigenvalue weighted by Crippen LogP contribution is -2.25. The molecule has 0 bridgehead atoms. The van der Waals surface area contributed by atoms with Crippen molar-refractivity contribution in [1.29, 1.82) is 0 Å². The van der Waals surface area contributed by atoms with Crippen molar-refractivity contribution in [3.63, 3.8) is 0 Å². The van der Waals surface area contributed by atoms with E-state index in [1.165, 1.54) is 95.3 Å². The second kappa shape index (κ2) is 25.9. The number of carbonyl (C=O) groups excluding carboxylic acids is 3. The molecule has 3 amide bonds. The predicted molar refractivity (Wildman–Crippen MR) is 266 cm³/mol. The number of nitrogens with one attached hydrogen (secondary N) is 3. The number of hydrogen-bond acceptors (Lipinski definition) is 12. The van der Waals surface area contributed by atoms with Gasteiger partial charge in [0.2, 0.25) is 11.8 Å². The standard InChI is InChI=1S/C52H62N6O8S/c1-4-5-6-7-8-9-10-11-12-15-26-64-27-16-25-53-51(63)44-34-48(41-17-13-14-18-42(41)49(44)61)66-29-28-65-40-22-19-37(20-23-40)30-38-21-24-45-43(31-38)52(67-58-45)57-56-39-32-46(54-35(2)59)50(62)47(33-39)55-36(3)60/h13-14,17-24,31-34,61-62H,4-12,15-16,25-30H2,1-3H3,(H,53,63)(H,54,59)(H,55,60). The number of ether oxygens (including phenoxy) is 3. The first kappa shape index (κ1) is 49.8. The summed E-state index contributed by atoms with van der Waals surface area (Å²) < 4.78 is 22.5. The van der Waals surface area contributed by atoms with Crippen LogP contribution in [0.4, 0.5) is 22.1 Å². The Labute approximate surface area is 396 Å². The average Bonchev–Trinajstić information content (AvgIpc) is 3.72. The van der Waals surface area contributed by atoms with E-state index < -0.39 is 11.8 Å². The quantitative estimate of drug-likeness (QED) is 0.0190. The lowest BCUT2D eigenvalue weighted by atomic mass is 10.0. The molecule has 0 saturated carbocycles. The van der Waals surface area contributed by atoms with Crippen molar-refractivity contribution in [1.82, 2.24) is 9.69 Å². The van der Waals surface area contributed by atoms with E-state index in [4.69, 9.17) is 14.2 Å². The summed E-state index contributed by atoms with van der Waals surface area (Å²) in [7, 11) is 0. The highest BCUT2D eigenvalue weighted by Crippen LogP contribution is 2.39. The summed E-state index contributed by atoms with van der Waals surface area (Å²) in [4.78, 5) is 36.7. The maximum atomic E-state index is 13.2. The van der Waals surface area contributed by atoms with E-state index in [0.717, 1.165) is 35.1 Å². The molecule has 14 nitrogen and oxygen atoms in total. The van der Waals surface area contributed by atoms with Crippen LogP contribution >= 0.6 is 11.5 Å². The molecular weight excluding hydrogens is 869 g/mol. The molecule has 0 aliphatic carbocycles. The first-order chi connectivity index (χ1) is 32.6. The maximum absolute atomic E-state index is 13.2. The Morgan fingerprint density at radius 2 is 1.27 bits per heavy atom. The number of carbonyl (C=O) groups is 3. The molecule has 1 heterocycles. The molecule has 354 valence electrons. The number of aromatic nitrogens is 1. The topological polar surface area (TPSA) is 193 Å². The Morgan fingerprint density at radius 3 is 1.96 bits per heavy atom. The van der Waals surface area contributed by atoms with E-state index in [2.05, 4.69) is 37.5 Å². The molecule has 15 heteroatoms. The van der Waals surface area contributed by atoms with E-state index >= 15 is 0 Å².